The third-order valence-electron chi connectivity index (χ3n) is 4.90. The number of nitrogens with one attached hydrogen (secondary N) is 1. The van der Waals surface area contributed by atoms with Crippen LogP contribution < -0.4 is 10.2 Å². The minimum atomic E-state index is -0.160. The van der Waals surface area contributed by atoms with Crippen LogP contribution in [0.4, 0.5) is 15.8 Å². The first kappa shape index (κ1) is 15.3. The molecule has 0 aromatic heterocycles. The SMILES string of the molecule is Fc1cccc(CCc2ccc3c(c2)N2CCNCC2CC=N3)c1. The molecule has 4 rings (SSSR count). The first-order valence-electron chi connectivity index (χ1n) is 8.67. The van der Waals surface area contributed by atoms with Gasteiger partial charge in [0.2, 0.25) is 0 Å². The minimum absolute atomic E-state index is 0.160. The second-order valence-corrected chi connectivity index (χ2v) is 6.55. The Morgan fingerprint density at radius 1 is 1.12 bits per heavy atom. The second-order valence-electron chi connectivity index (χ2n) is 6.55. The fourth-order valence-electron chi connectivity index (χ4n) is 3.61. The number of halogens is 1. The van der Waals surface area contributed by atoms with Crippen molar-refractivity contribution in [1.82, 2.24) is 5.32 Å². The van der Waals surface area contributed by atoms with E-state index in [1.165, 1.54) is 17.3 Å². The van der Waals surface area contributed by atoms with Crippen molar-refractivity contribution in [3.63, 3.8) is 0 Å². The summed E-state index contributed by atoms with van der Waals surface area (Å²) in [6, 6.07) is 13.9. The lowest BCUT2D eigenvalue weighted by atomic mass is 10.0. The van der Waals surface area contributed by atoms with E-state index < -0.39 is 0 Å². The van der Waals surface area contributed by atoms with Crippen LogP contribution in [0.25, 0.3) is 0 Å². The summed E-state index contributed by atoms with van der Waals surface area (Å²) in [4.78, 5) is 7.13. The molecule has 0 amide bonds. The topological polar surface area (TPSA) is 27.6 Å². The van der Waals surface area contributed by atoms with E-state index in [0.29, 0.717) is 6.04 Å². The second kappa shape index (κ2) is 6.73. The van der Waals surface area contributed by atoms with Crippen LogP contribution in [0.2, 0.25) is 0 Å². The summed E-state index contributed by atoms with van der Waals surface area (Å²) in [5, 5.41) is 3.47. The van der Waals surface area contributed by atoms with Crippen molar-refractivity contribution < 1.29 is 4.39 Å². The van der Waals surface area contributed by atoms with Crippen molar-refractivity contribution in [3.8, 4) is 0 Å². The van der Waals surface area contributed by atoms with Crippen molar-refractivity contribution in [3.05, 3.63) is 59.4 Å². The molecule has 0 bridgehead atoms. The molecule has 24 heavy (non-hydrogen) atoms. The van der Waals surface area contributed by atoms with Crippen LogP contribution in [0.1, 0.15) is 17.5 Å². The fraction of sp³-hybridized carbons (Fsp3) is 0.350. The molecular formula is C20H22FN3. The summed E-state index contributed by atoms with van der Waals surface area (Å²) in [5.74, 6) is -0.160. The molecule has 0 aliphatic carbocycles. The molecule has 0 spiro atoms. The van der Waals surface area contributed by atoms with Gasteiger partial charge in [-0.1, -0.05) is 18.2 Å². The maximum Gasteiger partial charge on any atom is 0.123 e. The smallest absolute Gasteiger partial charge is 0.123 e. The van der Waals surface area contributed by atoms with Gasteiger partial charge in [-0.2, -0.15) is 0 Å². The van der Waals surface area contributed by atoms with Crippen molar-refractivity contribution in [2.45, 2.75) is 25.3 Å². The van der Waals surface area contributed by atoms with E-state index in [9.17, 15) is 4.39 Å². The highest BCUT2D eigenvalue weighted by molar-refractivity contribution is 5.77. The van der Waals surface area contributed by atoms with Gasteiger partial charge in [0.25, 0.3) is 0 Å². The Hall–Kier alpha value is -2.20. The van der Waals surface area contributed by atoms with Crippen LogP contribution in [-0.4, -0.2) is 31.9 Å². The van der Waals surface area contributed by atoms with Crippen molar-refractivity contribution in [2.24, 2.45) is 4.99 Å². The first-order chi connectivity index (χ1) is 11.8. The van der Waals surface area contributed by atoms with Gasteiger partial charge in [0.05, 0.1) is 11.4 Å². The molecule has 2 aliphatic rings. The number of rotatable bonds is 3. The Bertz CT molecular complexity index is 756. The molecule has 1 saturated heterocycles. The van der Waals surface area contributed by atoms with E-state index in [2.05, 4.69) is 33.4 Å². The third-order valence-corrected chi connectivity index (χ3v) is 4.90. The highest BCUT2D eigenvalue weighted by atomic mass is 19.1. The molecule has 1 fully saturated rings. The highest BCUT2D eigenvalue weighted by Gasteiger charge is 2.25. The molecule has 3 nitrogen and oxygen atoms in total. The van der Waals surface area contributed by atoms with Gasteiger partial charge in [-0.25, -0.2) is 4.39 Å². The normalized spacial score (nSPS) is 19.5. The molecule has 124 valence electrons. The fourth-order valence-corrected chi connectivity index (χ4v) is 3.61. The van der Waals surface area contributed by atoms with Gasteiger partial charge >= 0.3 is 0 Å². The predicted molar refractivity (Wildman–Crippen MR) is 97.0 cm³/mol. The van der Waals surface area contributed by atoms with E-state index in [4.69, 9.17) is 0 Å². The predicted octanol–water partition coefficient (Wildman–Crippen LogP) is 3.50. The number of piperazine rings is 1. The Kier molecular flexibility index (Phi) is 4.30. The molecule has 1 unspecified atom stereocenters. The van der Waals surface area contributed by atoms with Gasteiger partial charge in [0.1, 0.15) is 5.82 Å². The Morgan fingerprint density at radius 3 is 2.88 bits per heavy atom. The zero-order valence-electron chi connectivity index (χ0n) is 13.7. The van der Waals surface area contributed by atoms with Crippen LogP contribution >= 0.6 is 0 Å². The lowest BCUT2D eigenvalue weighted by Crippen LogP contribution is -2.51. The lowest BCUT2D eigenvalue weighted by molar-refractivity contribution is 0.488. The van der Waals surface area contributed by atoms with Crippen molar-refractivity contribution in [2.75, 3.05) is 24.5 Å². The minimum Gasteiger partial charge on any atom is -0.364 e. The highest BCUT2D eigenvalue weighted by Crippen LogP contribution is 2.34. The Morgan fingerprint density at radius 2 is 2.00 bits per heavy atom. The zero-order chi connectivity index (χ0) is 16.4. The summed E-state index contributed by atoms with van der Waals surface area (Å²) in [7, 11) is 0. The van der Waals surface area contributed by atoms with Gasteiger partial charge in [-0.3, -0.25) is 4.99 Å². The summed E-state index contributed by atoms with van der Waals surface area (Å²) in [6.07, 6.45) is 4.80. The van der Waals surface area contributed by atoms with Crippen LogP contribution in [0.15, 0.2) is 47.5 Å². The van der Waals surface area contributed by atoms with E-state index in [-0.39, 0.29) is 5.82 Å². The monoisotopic (exact) mass is 323 g/mol. The molecule has 0 radical (unpaired) electrons. The van der Waals surface area contributed by atoms with Crippen LogP contribution in [0.5, 0.6) is 0 Å². The van der Waals surface area contributed by atoms with Gasteiger partial charge in [0, 0.05) is 38.3 Å². The number of hydrogen-bond acceptors (Lipinski definition) is 3. The number of fused-ring (bicyclic) bond motifs is 3. The molecule has 2 aromatic rings. The summed E-state index contributed by atoms with van der Waals surface area (Å²) >= 11 is 0. The molecule has 2 aliphatic heterocycles. The molecule has 2 aromatic carbocycles. The quantitative estimate of drug-likeness (QED) is 0.936. The van der Waals surface area contributed by atoms with Crippen molar-refractivity contribution in [1.29, 1.82) is 0 Å². The van der Waals surface area contributed by atoms with Gasteiger partial charge in [-0.05, 0) is 48.2 Å². The average molecular weight is 323 g/mol. The van der Waals surface area contributed by atoms with Crippen LogP contribution in [0, 0.1) is 5.82 Å². The van der Waals surface area contributed by atoms with Crippen LogP contribution in [0.3, 0.4) is 0 Å². The zero-order valence-corrected chi connectivity index (χ0v) is 13.7. The molecule has 4 heteroatoms. The molecule has 1 N–H and O–H groups in total. The Labute approximate surface area is 142 Å². The molecule has 2 heterocycles. The number of aliphatic imine (C=N–C) groups is 1. The third kappa shape index (κ3) is 3.20. The molecule has 1 atom stereocenters. The van der Waals surface area contributed by atoms with Gasteiger partial charge < -0.3 is 10.2 Å². The molecular weight excluding hydrogens is 301 g/mol. The number of hydrogen-bond donors (Lipinski definition) is 1. The maximum absolute atomic E-state index is 13.3. The van der Waals surface area contributed by atoms with Crippen molar-refractivity contribution >= 4 is 17.6 Å². The Balaban J connectivity index is 1.56. The van der Waals surface area contributed by atoms with E-state index in [0.717, 1.165) is 50.1 Å². The summed E-state index contributed by atoms with van der Waals surface area (Å²) in [5.41, 5.74) is 4.64. The van der Waals surface area contributed by atoms with Gasteiger partial charge in [-0.15, -0.1) is 0 Å². The van der Waals surface area contributed by atoms with E-state index in [1.54, 1.807) is 12.1 Å². The number of benzene rings is 2. The standard InChI is InChI=1S/C20H22FN3/c21-17-3-1-2-15(12-17)4-5-16-6-7-19-20(13-16)24-11-10-22-14-18(24)8-9-23-19/h1-3,6-7,9,12-13,18,22H,4-5,8,10-11,14H2. The number of anilines is 1. The first-order valence-corrected chi connectivity index (χ1v) is 8.67. The summed E-state index contributed by atoms with van der Waals surface area (Å²) in [6.45, 7) is 3.05. The number of aryl methyl sites for hydroxylation is 2. The van der Waals surface area contributed by atoms with E-state index in [1.807, 2.05) is 12.3 Å². The average Bonchev–Trinajstić information content (AvgIpc) is 2.79. The lowest BCUT2D eigenvalue weighted by Gasteiger charge is -2.37. The summed E-state index contributed by atoms with van der Waals surface area (Å²) < 4.78 is 13.3. The largest absolute Gasteiger partial charge is 0.364 e. The number of nitrogens with zero attached hydrogens (tertiary/aromatic N) is 2. The molecule has 0 saturated carbocycles. The van der Waals surface area contributed by atoms with Gasteiger partial charge in [0.15, 0.2) is 0 Å². The van der Waals surface area contributed by atoms with Crippen LogP contribution in [-0.2, 0) is 12.8 Å². The maximum atomic E-state index is 13.3. The van der Waals surface area contributed by atoms with E-state index >= 15 is 0 Å².